The minimum absolute atomic E-state index is 0.0413. The maximum Gasteiger partial charge on any atom is 0.231 e. The van der Waals surface area contributed by atoms with E-state index in [2.05, 4.69) is 40.2 Å². The predicted octanol–water partition coefficient (Wildman–Crippen LogP) is 4.51. The van der Waals surface area contributed by atoms with Crippen LogP contribution in [0, 0.1) is 0 Å². The molecule has 0 aliphatic carbocycles. The van der Waals surface area contributed by atoms with Gasteiger partial charge in [-0.1, -0.05) is 46.3 Å². The molecule has 0 saturated heterocycles. The summed E-state index contributed by atoms with van der Waals surface area (Å²) in [6, 6.07) is 14.5. The summed E-state index contributed by atoms with van der Waals surface area (Å²) in [6.45, 7) is 0.312. The molecule has 2 nitrogen and oxygen atoms in total. The number of alkyl halides is 2. The van der Waals surface area contributed by atoms with Gasteiger partial charge in [-0.15, -0.1) is 11.6 Å². The van der Waals surface area contributed by atoms with Gasteiger partial charge < -0.3 is 9.47 Å². The molecular weight excluding hydrogens is 340 g/mol. The maximum absolute atomic E-state index is 6.04. The Morgan fingerprint density at radius 3 is 2.60 bits per heavy atom. The second kappa shape index (κ2) is 6.06. The van der Waals surface area contributed by atoms with Crippen molar-refractivity contribution in [3.8, 4) is 11.5 Å². The Bertz CT molecular complexity index is 613. The lowest BCUT2D eigenvalue weighted by atomic mass is 9.98. The van der Waals surface area contributed by atoms with Crippen molar-refractivity contribution < 1.29 is 9.47 Å². The van der Waals surface area contributed by atoms with E-state index in [0.29, 0.717) is 6.79 Å². The Balaban J connectivity index is 1.84. The molecule has 1 heterocycles. The van der Waals surface area contributed by atoms with Crippen molar-refractivity contribution in [3.63, 3.8) is 0 Å². The number of rotatable bonds is 4. The number of ether oxygens (including phenoxy) is 2. The van der Waals surface area contributed by atoms with Crippen LogP contribution in [-0.4, -0.2) is 11.1 Å². The Morgan fingerprint density at radius 2 is 1.80 bits per heavy atom. The molecule has 0 amide bonds. The zero-order valence-corrected chi connectivity index (χ0v) is 13.2. The first-order valence-electron chi connectivity index (χ1n) is 6.46. The molecule has 2 aromatic carbocycles. The first-order valence-corrected chi connectivity index (χ1v) is 7.81. The highest BCUT2D eigenvalue weighted by Crippen LogP contribution is 2.33. The average Bonchev–Trinajstić information content (AvgIpc) is 2.88. The molecule has 3 rings (SSSR count). The van der Waals surface area contributed by atoms with Gasteiger partial charge in [0.15, 0.2) is 11.5 Å². The zero-order chi connectivity index (χ0) is 13.9. The zero-order valence-electron chi connectivity index (χ0n) is 10.8. The van der Waals surface area contributed by atoms with Gasteiger partial charge in [0.1, 0.15) is 0 Å². The van der Waals surface area contributed by atoms with E-state index in [9.17, 15) is 0 Å². The Morgan fingerprint density at radius 1 is 1.05 bits per heavy atom. The molecular formula is C16H14BrClO2. The Hall–Kier alpha value is -1.19. The minimum atomic E-state index is -0.0413. The van der Waals surface area contributed by atoms with Crippen molar-refractivity contribution in [2.24, 2.45) is 0 Å². The highest BCUT2D eigenvalue weighted by molar-refractivity contribution is 9.10. The fourth-order valence-corrected chi connectivity index (χ4v) is 2.88. The third-order valence-corrected chi connectivity index (χ3v) is 3.80. The molecule has 0 radical (unpaired) electrons. The van der Waals surface area contributed by atoms with E-state index in [1.807, 2.05) is 18.2 Å². The molecule has 0 N–H and O–H groups in total. The summed E-state index contributed by atoms with van der Waals surface area (Å²) >= 11 is 9.44. The second-order valence-electron chi connectivity index (χ2n) is 4.73. The highest BCUT2D eigenvalue weighted by atomic mass is 79.9. The van der Waals surface area contributed by atoms with E-state index in [-0.39, 0.29) is 4.29 Å². The molecule has 1 aliphatic rings. The summed E-state index contributed by atoms with van der Waals surface area (Å²) in [5.41, 5.74) is 3.76. The molecule has 104 valence electrons. The van der Waals surface area contributed by atoms with Gasteiger partial charge in [0, 0.05) is 0 Å². The van der Waals surface area contributed by atoms with Crippen molar-refractivity contribution >= 4 is 27.5 Å². The largest absolute Gasteiger partial charge is 0.454 e. The van der Waals surface area contributed by atoms with Crippen LogP contribution in [0.25, 0.3) is 0 Å². The molecule has 2 aromatic rings. The first-order chi connectivity index (χ1) is 9.72. The molecule has 1 unspecified atom stereocenters. The van der Waals surface area contributed by atoms with Crippen molar-refractivity contribution in [2.75, 3.05) is 6.79 Å². The van der Waals surface area contributed by atoms with E-state index < -0.39 is 0 Å². The number of hydrogen-bond acceptors (Lipinski definition) is 2. The van der Waals surface area contributed by atoms with Gasteiger partial charge in [-0.2, -0.15) is 0 Å². The van der Waals surface area contributed by atoms with Gasteiger partial charge in [-0.05, 0) is 41.7 Å². The van der Waals surface area contributed by atoms with E-state index in [1.165, 1.54) is 16.7 Å². The fourth-order valence-electron chi connectivity index (χ4n) is 2.37. The van der Waals surface area contributed by atoms with Crippen LogP contribution < -0.4 is 9.47 Å². The molecule has 1 atom stereocenters. The van der Waals surface area contributed by atoms with Crippen LogP contribution in [0.15, 0.2) is 42.5 Å². The summed E-state index contributed by atoms with van der Waals surface area (Å²) in [5.74, 6) is 1.65. The summed E-state index contributed by atoms with van der Waals surface area (Å²) in [6.07, 6.45) is 1.67. The fraction of sp³-hybridized carbons (Fsp3) is 0.250. The van der Waals surface area contributed by atoms with E-state index in [1.54, 1.807) is 0 Å². The number of hydrogen-bond donors (Lipinski definition) is 0. The van der Waals surface area contributed by atoms with Crippen molar-refractivity contribution in [1.29, 1.82) is 0 Å². The first kappa shape index (κ1) is 13.8. The summed E-state index contributed by atoms with van der Waals surface area (Å²) < 4.78 is 10.7. The van der Waals surface area contributed by atoms with Gasteiger partial charge in [0.2, 0.25) is 6.79 Å². The van der Waals surface area contributed by atoms with Crippen LogP contribution in [-0.2, 0) is 12.8 Å². The van der Waals surface area contributed by atoms with E-state index in [0.717, 1.165) is 24.3 Å². The standard InChI is InChI=1S/C16H14BrClO2/c17-16(18)9-13-4-2-1-3-12(13)7-11-5-6-14-15(8-11)20-10-19-14/h1-6,8,16H,7,9-10H2. The third kappa shape index (κ3) is 3.10. The molecule has 0 saturated carbocycles. The van der Waals surface area contributed by atoms with Crippen molar-refractivity contribution in [1.82, 2.24) is 0 Å². The summed E-state index contributed by atoms with van der Waals surface area (Å²) in [5, 5.41) is 0. The Kier molecular flexibility index (Phi) is 4.18. The maximum atomic E-state index is 6.04. The second-order valence-corrected chi connectivity index (χ2v) is 6.89. The van der Waals surface area contributed by atoms with E-state index in [4.69, 9.17) is 21.1 Å². The van der Waals surface area contributed by atoms with Gasteiger partial charge in [-0.25, -0.2) is 0 Å². The van der Waals surface area contributed by atoms with Gasteiger partial charge in [0.05, 0.1) is 4.29 Å². The topological polar surface area (TPSA) is 18.5 Å². The van der Waals surface area contributed by atoms with Crippen LogP contribution in [0.5, 0.6) is 11.5 Å². The molecule has 20 heavy (non-hydrogen) atoms. The van der Waals surface area contributed by atoms with E-state index >= 15 is 0 Å². The Labute approximate surface area is 131 Å². The monoisotopic (exact) mass is 352 g/mol. The summed E-state index contributed by atoms with van der Waals surface area (Å²) in [4.78, 5) is 0. The average molecular weight is 354 g/mol. The van der Waals surface area contributed by atoms with Crippen LogP contribution >= 0.6 is 27.5 Å². The lowest BCUT2D eigenvalue weighted by Gasteiger charge is -2.10. The molecule has 0 aromatic heterocycles. The van der Waals surface area contributed by atoms with Gasteiger partial charge in [-0.3, -0.25) is 0 Å². The van der Waals surface area contributed by atoms with Crippen LogP contribution in [0.1, 0.15) is 16.7 Å². The van der Waals surface area contributed by atoms with Crippen LogP contribution in [0.4, 0.5) is 0 Å². The number of fused-ring (bicyclic) bond motifs is 1. The highest BCUT2D eigenvalue weighted by Gasteiger charge is 2.14. The van der Waals surface area contributed by atoms with Gasteiger partial charge in [0.25, 0.3) is 0 Å². The quantitative estimate of drug-likeness (QED) is 0.753. The molecule has 0 fully saturated rings. The lowest BCUT2D eigenvalue weighted by Crippen LogP contribution is -2.00. The molecule has 0 bridgehead atoms. The normalized spacial score (nSPS) is 14.3. The van der Waals surface area contributed by atoms with Crippen molar-refractivity contribution in [2.45, 2.75) is 17.1 Å². The molecule has 4 heteroatoms. The third-order valence-electron chi connectivity index (χ3n) is 3.32. The van der Waals surface area contributed by atoms with Crippen LogP contribution in [0.2, 0.25) is 0 Å². The van der Waals surface area contributed by atoms with Crippen LogP contribution in [0.3, 0.4) is 0 Å². The van der Waals surface area contributed by atoms with Gasteiger partial charge >= 0.3 is 0 Å². The molecule has 1 aliphatic heterocycles. The lowest BCUT2D eigenvalue weighted by molar-refractivity contribution is 0.174. The smallest absolute Gasteiger partial charge is 0.231 e. The number of benzene rings is 2. The molecule has 0 spiro atoms. The minimum Gasteiger partial charge on any atom is -0.454 e. The van der Waals surface area contributed by atoms with Crippen molar-refractivity contribution in [3.05, 3.63) is 59.2 Å². The number of halogens is 2. The summed E-state index contributed by atoms with van der Waals surface area (Å²) in [7, 11) is 0. The predicted molar refractivity (Wildman–Crippen MR) is 84.1 cm³/mol. The SMILES string of the molecule is ClC(Br)Cc1ccccc1Cc1ccc2c(c1)OCO2.